The van der Waals surface area contributed by atoms with Crippen molar-refractivity contribution in [1.29, 1.82) is 0 Å². The summed E-state index contributed by atoms with van der Waals surface area (Å²) >= 11 is 3.00. The van der Waals surface area contributed by atoms with Crippen LogP contribution in [0.4, 0.5) is 47.3 Å². The summed E-state index contributed by atoms with van der Waals surface area (Å²) in [7, 11) is 0. The lowest BCUT2D eigenvalue weighted by Gasteiger charge is -2.26. The second kappa shape index (κ2) is 21.2. The van der Waals surface area contributed by atoms with Gasteiger partial charge in [-0.15, -0.1) is 15.3 Å². The van der Waals surface area contributed by atoms with Crippen molar-refractivity contribution in [3.8, 4) is 11.3 Å². The highest BCUT2D eigenvalue weighted by Gasteiger charge is 2.21. The number of likely N-dealkylation sites (tertiary alicyclic amines) is 2. The molecule has 4 saturated heterocycles. The van der Waals surface area contributed by atoms with E-state index in [-0.39, 0.29) is 34.7 Å². The molecule has 4 N–H and O–H groups in total. The molecule has 0 radical (unpaired) electrons. The van der Waals surface area contributed by atoms with E-state index in [1.807, 2.05) is 0 Å². The number of nitrogens with two attached hydrogens (primary N) is 1. The maximum atomic E-state index is 14.6. The van der Waals surface area contributed by atoms with Crippen molar-refractivity contribution >= 4 is 68.5 Å². The third kappa shape index (κ3) is 11.4. The first-order valence-electron chi connectivity index (χ1n) is 21.1. The Hall–Kier alpha value is -6.05. The van der Waals surface area contributed by atoms with Crippen LogP contribution in [0.1, 0.15) is 74.6 Å². The normalized spacial score (nSPS) is 16.3. The molecule has 20 heteroatoms. The molecule has 0 unspecified atom stereocenters. The standard InChI is InChI=1S/C21H24FN7O.C13H14BrFN2O2.C8H13N5/c22-17-7-6-15(24-21(30)28-10-4-5-11-28)12-16(17)18-14-29-20(25-18)23-13-19(26-29)27-8-2-1-3-9-27;14-8-12(18)10-7-9(3-4-11(10)15)16-13(19)17-5-1-2-6-17;9-8-10-6-7(11-12-8)13-4-2-1-3-5-13/h6-7,12-14H,1-5,8-11H2,(H,24,30);3-4,7H,1-2,5-6,8H2,(H,16,19);6H,1-5H2,(H2,9,10,12). The van der Waals surface area contributed by atoms with Crippen LogP contribution in [-0.4, -0.2) is 120 Å². The van der Waals surface area contributed by atoms with E-state index in [1.54, 1.807) is 45.0 Å². The summed E-state index contributed by atoms with van der Waals surface area (Å²) in [4.78, 5) is 56.4. The zero-order valence-corrected chi connectivity index (χ0v) is 36.1. The van der Waals surface area contributed by atoms with Crippen molar-refractivity contribution in [2.75, 3.05) is 83.9 Å². The van der Waals surface area contributed by atoms with Crippen molar-refractivity contribution in [3.05, 3.63) is 72.2 Å². The van der Waals surface area contributed by atoms with E-state index in [9.17, 15) is 23.2 Å². The van der Waals surface area contributed by atoms with Crippen LogP contribution in [0.25, 0.3) is 17.0 Å². The van der Waals surface area contributed by atoms with Crippen molar-refractivity contribution < 1.29 is 23.2 Å². The molecule has 5 aromatic rings. The van der Waals surface area contributed by atoms with Crippen LogP contribution in [0.3, 0.4) is 0 Å². The topological polar surface area (TPSA) is 196 Å². The SMILES string of the molecule is Nc1ncc(N2CCCCC2)nn1.O=C(CBr)c1cc(NC(=O)N2CCCC2)ccc1F.O=C(Nc1ccc(F)c(-c2cn3nc(N4CCCCC4)cnc3n2)c1)N1CCCC1. The number of hydrogen-bond acceptors (Lipinski definition) is 12. The van der Waals surface area contributed by atoms with Crippen molar-refractivity contribution in [2.45, 2.75) is 64.2 Å². The highest BCUT2D eigenvalue weighted by molar-refractivity contribution is 9.09. The number of ketones is 1. The number of nitrogens with zero attached hydrogens (tertiary/aromatic N) is 11. The minimum Gasteiger partial charge on any atom is -0.366 e. The number of hydrogen-bond donors (Lipinski definition) is 3. The number of imidazole rings is 1. The van der Waals surface area contributed by atoms with Gasteiger partial charge in [-0.3, -0.25) is 4.79 Å². The highest BCUT2D eigenvalue weighted by atomic mass is 79.9. The van der Waals surface area contributed by atoms with E-state index in [1.165, 1.54) is 49.9 Å². The number of fused-ring (bicyclic) bond motifs is 1. The number of benzene rings is 2. The number of carbonyl (C=O) groups is 3. The van der Waals surface area contributed by atoms with Gasteiger partial charge < -0.3 is 36.0 Å². The first-order valence-corrected chi connectivity index (χ1v) is 22.3. The smallest absolute Gasteiger partial charge is 0.321 e. The Kier molecular flexibility index (Phi) is 15.0. The van der Waals surface area contributed by atoms with Crippen molar-refractivity contribution in [1.82, 2.24) is 44.6 Å². The number of alkyl halides is 1. The molecule has 0 spiro atoms. The molecule has 9 rings (SSSR count). The van der Waals surface area contributed by atoms with Crippen LogP contribution < -0.4 is 26.2 Å². The minimum atomic E-state index is -0.580. The molecular formula is C42H51BrF2N14O3. The third-order valence-corrected chi connectivity index (χ3v) is 11.5. The van der Waals surface area contributed by atoms with Gasteiger partial charge in [-0.1, -0.05) is 15.9 Å². The Balaban J connectivity index is 0.000000154. The summed E-state index contributed by atoms with van der Waals surface area (Å²) in [5.41, 5.74) is 7.04. The molecule has 0 aliphatic carbocycles. The molecule has 7 heterocycles. The zero-order chi connectivity index (χ0) is 43.4. The van der Waals surface area contributed by atoms with E-state index >= 15 is 0 Å². The minimum absolute atomic E-state index is 0.0175. The van der Waals surface area contributed by atoms with E-state index in [4.69, 9.17) is 5.73 Å². The number of urea groups is 2. The van der Waals surface area contributed by atoms with Gasteiger partial charge in [0.1, 0.15) is 11.6 Å². The van der Waals surface area contributed by atoms with Gasteiger partial charge in [-0.2, -0.15) is 0 Å². The van der Waals surface area contributed by atoms with Crippen molar-refractivity contribution in [2.24, 2.45) is 0 Å². The fraction of sp³-hybridized carbons (Fsp3) is 0.452. The zero-order valence-electron chi connectivity index (χ0n) is 34.5. The first kappa shape index (κ1) is 44.0. The lowest BCUT2D eigenvalue weighted by molar-refractivity contribution is 0.102. The number of carbonyl (C=O) groups excluding carboxylic acids is 3. The largest absolute Gasteiger partial charge is 0.366 e. The average Bonchev–Trinajstić information content (AvgIpc) is 4.13. The maximum Gasteiger partial charge on any atom is 0.321 e. The van der Waals surface area contributed by atoms with Crippen LogP contribution in [0.15, 0.2) is 55.0 Å². The van der Waals surface area contributed by atoms with Crippen LogP contribution in [0, 0.1) is 11.6 Å². The monoisotopic (exact) mass is 916 g/mol. The maximum absolute atomic E-state index is 14.6. The molecule has 17 nitrogen and oxygen atoms in total. The van der Waals surface area contributed by atoms with Gasteiger partial charge >= 0.3 is 12.1 Å². The Morgan fingerprint density at radius 3 is 1.76 bits per heavy atom. The Morgan fingerprint density at radius 2 is 1.19 bits per heavy atom. The number of halogens is 3. The van der Waals surface area contributed by atoms with Crippen LogP contribution in [-0.2, 0) is 0 Å². The number of nitrogen functional groups attached to an aromatic ring is 1. The molecule has 4 fully saturated rings. The van der Waals surface area contributed by atoms with Gasteiger partial charge in [-0.25, -0.2) is 37.8 Å². The number of amides is 4. The lowest BCUT2D eigenvalue weighted by atomic mass is 10.1. The van der Waals surface area contributed by atoms with Crippen LogP contribution in [0.2, 0.25) is 0 Å². The second-order valence-electron chi connectivity index (χ2n) is 15.5. The molecule has 4 aliphatic heterocycles. The third-order valence-electron chi connectivity index (χ3n) is 11.0. The number of nitrogens with one attached hydrogen (secondary N) is 2. The van der Waals surface area contributed by atoms with Gasteiger partial charge in [0.05, 0.1) is 35.2 Å². The molecule has 0 saturated carbocycles. The van der Waals surface area contributed by atoms with E-state index in [0.29, 0.717) is 28.4 Å². The van der Waals surface area contributed by atoms with Gasteiger partial charge in [-0.05, 0) is 101 Å². The Bertz CT molecular complexity index is 2310. The number of piperidine rings is 2. The number of aromatic nitrogens is 7. The number of anilines is 5. The lowest BCUT2D eigenvalue weighted by Crippen LogP contribution is -2.32. The molecule has 3 aromatic heterocycles. The van der Waals surface area contributed by atoms with Gasteiger partial charge in [0.25, 0.3) is 5.78 Å². The number of Topliss-reactive ketones (excluding diaryl/α,β-unsaturated/α-hetero) is 1. The highest BCUT2D eigenvalue weighted by Crippen LogP contribution is 2.27. The summed E-state index contributed by atoms with van der Waals surface area (Å²) in [6, 6.07) is 8.16. The predicted octanol–water partition coefficient (Wildman–Crippen LogP) is 7.02. The Labute approximate surface area is 366 Å². The molecule has 2 aromatic carbocycles. The summed E-state index contributed by atoms with van der Waals surface area (Å²) in [5.74, 6) is 0.955. The second-order valence-corrected chi connectivity index (χ2v) is 16.0. The summed E-state index contributed by atoms with van der Waals surface area (Å²) in [6.07, 6.45) is 16.4. The molecule has 328 valence electrons. The molecule has 4 aliphatic rings. The van der Waals surface area contributed by atoms with Gasteiger partial charge in [0.15, 0.2) is 17.4 Å². The average molecular weight is 918 g/mol. The molecule has 0 atom stereocenters. The quantitative estimate of drug-likeness (QED) is 0.112. The molecular weight excluding hydrogens is 866 g/mol. The van der Waals surface area contributed by atoms with Gasteiger partial charge in [0, 0.05) is 69.3 Å². The molecule has 4 amide bonds. The Morgan fingerprint density at radius 1 is 0.661 bits per heavy atom. The van der Waals surface area contributed by atoms with Crippen LogP contribution >= 0.6 is 15.9 Å². The summed E-state index contributed by atoms with van der Waals surface area (Å²) < 4.78 is 29.6. The van der Waals surface area contributed by atoms with Gasteiger partial charge in [0.2, 0.25) is 5.95 Å². The van der Waals surface area contributed by atoms with Crippen LogP contribution in [0.5, 0.6) is 0 Å². The number of rotatable bonds is 7. The summed E-state index contributed by atoms with van der Waals surface area (Å²) in [5, 5.41) is 17.9. The fourth-order valence-electron chi connectivity index (χ4n) is 7.65. The fourth-order valence-corrected chi connectivity index (χ4v) is 7.95. The summed E-state index contributed by atoms with van der Waals surface area (Å²) in [6.45, 7) is 7.03. The van der Waals surface area contributed by atoms with E-state index < -0.39 is 11.6 Å². The first-order chi connectivity index (χ1) is 30.1. The van der Waals surface area contributed by atoms with Crippen molar-refractivity contribution in [3.63, 3.8) is 0 Å². The van der Waals surface area contributed by atoms with E-state index in [0.717, 1.165) is 103 Å². The molecule has 62 heavy (non-hydrogen) atoms. The molecule has 0 bridgehead atoms. The van der Waals surface area contributed by atoms with E-state index in [2.05, 4.69) is 66.6 Å². The predicted molar refractivity (Wildman–Crippen MR) is 237 cm³/mol.